The molecule has 0 fully saturated rings. The van der Waals surface area contributed by atoms with Crippen LogP contribution in [0.2, 0.25) is 0 Å². The maximum atomic E-state index is 15.0. The van der Waals surface area contributed by atoms with E-state index in [0.717, 1.165) is 8.66 Å². The van der Waals surface area contributed by atoms with E-state index >= 15 is 0 Å². The molecular weight excluding hydrogens is 533 g/mol. The molecular formula is C22H18Br2FN3OS. The Morgan fingerprint density at radius 3 is 2.60 bits per heavy atom. The van der Waals surface area contributed by atoms with Crippen molar-refractivity contribution in [2.75, 3.05) is 4.90 Å². The van der Waals surface area contributed by atoms with Crippen LogP contribution in [0.25, 0.3) is 0 Å². The van der Waals surface area contributed by atoms with Crippen LogP contribution in [0.5, 0.6) is 0 Å². The number of benzene rings is 1. The van der Waals surface area contributed by atoms with E-state index in [0.29, 0.717) is 28.6 Å². The predicted octanol–water partition coefficient (Wildman–Crippen LogP) is 6.35. The Balaban J connectivity index is 2.02. The molecule has 0 spiro atoms. The normalized spacial score (nSPS) is 21.0. The summed E-state index contributed by atoms with van der Waals surface area (Å²) in [5.74, 6) is -0.889. The van der Waals surface area contributed by atoms with E-state index in [1.54, 1.807) is 17.0 Å². The monoisotopic (exact) mass is 549 g/mol. The van der Waals surface area contributed by atoms with Gasteiger partial charge in [-0.3, -0.25) is 9.69 Å². The van der Waals surface area contributed by atoms with Crippen LogP contribution in [0, 0.1) is 22.6 Å². The van der Waals surface area contributed by atoms with Crippen LogP contribution in [-0.4, -0.2) is 5.78 Å². The molecule has 4 rings (SSSR count). The molecule has 4 nitrogen and oxygen atoms in total. The molecule has 2 heterocycles. The first kappa shape index (κ1) is 21.3. The number of rotatable bonds is 2. The van der Waals surface area contributed by atoms with Gasteiger partial charge in [-0.1, -0.05) is 29.8 Å². The minimum Gasteiger partial charge on any atom is -0.384 e. The molecule has 30 heavy (non-hydrogen) atoms. The molecule has 2 aliphatic rings. The molecule has 1 atom stereocenters. The number of ketones is 1. The van der Waals surface area contributed by atoms with Crippen molar-refractivity contribution in [3.63, 3.8) is 0 Å². The summed E-state index contributed by atoms with van der Waals surface area (Å²) in [5.41, 5.74) is 7.90. The number of halogens is 3. The van der Waals surface area contributed by atoms with E-state index in [1.807, 2.05) is 26.0 Å². The maximum Gasteiger partial charge on any atom is 0.162 e. The van der Waals surface area contributed by atoms with Crippen molar-refractivity contribution < 1.29 is 9.18 Å². The molecule has 1 aromatic carbocycles. The first-order valence-corrected chi connectivity index (χ1v) is 11.7. The molecule has 154 valence electrons. The van der Waals surface area contributed by atoms with Crippen molar-refractivity contribution in [3.05, 3.63) is 71.9 Å². The van der Waals surface area contributed by atoms with Gasteiger partial charge in [0.05, 0.1) is 27.0 Å². The summed E-state index contributed by atoms with van der Waals surface area (Å²) in [6.07, 6.45) is 0.913. The first-order valence-electron chi connectivity index (χ1n) is 9.29. The predicted molar refractivity (Wildman–Crippen MR) is 123 cm³/mol. The molecule has 1 aliphatic carbocycles. The molecule has 0 radical (unpaired) electrons. The summed E-state index contributed by atoms with van der Waals surface area (Å²) in [7, 11) is 0. The SMILES string of the molecule is CC1(C)CC(=O)C2=C(C1)N(c1ccc(Br)cc1F)C(N)=C(C#N)C2c1ccc(Br)s1. The fourth-order valence-corrected chi connectivity index (χ4v) is 6.09. The molecule has 1 unspecified atom stereocenters. The fraction of sp³-hybridized carbons (Fsp3) is 0.273. The number of allylic oxidation sites excluding steroid dienone is 3. The number of nitriles is 1. The molecule has 2 N–H and O–H groups in total. The maximum absolute atomic E-state index is 15.0. The molecule has 2 aromatic rings. The van der Waals surface area contributed by atoms with Gasteiger partial charge in [0.15, 0.2) is 5.78 Å². The van der Waals surface area contributed by atoms with Gasteiger partial charge in [-0.25, -0.2) is 4.39 Å². The summed E-state index contributed by atoms with van der Waals surface area (Å²) in [6.45, 7) is 4.03. The van der Waals surface area contributed by atoms with Gasteiger partial charge in [-0.05, 0) is 58.1 Å². The van der Waals surface area contributed by atoms with E-state index in [4.69, 9.17) is 5.73 Å². The van der Waals surface area contributed by atoms with Crippen LogP contribution in [0.4, 0.5) is 10.1 Å². The molecule has 1 aromatic heterocycles. The number of Topliss-reactive ketones (excluding diaryl/α,β-unsaturated/α-hetero) is 1. The average molecular weight is 551 g/mol. The van der Waals surface area contributed by atoms with Crippen LogP contribution >= 0.6 is 43.2 Å². The second-order valence-corrected chi connectivity index (χ2v) is 11.6. The van der Waals surface area contributed by atoms with Gasteiger partial charge in [-0.15, -0.1) is 11.3 Å². The van der Waals surface area contributed by atoms with Crippen LogP contribution in [0.15, 0.2) is 61.3 Å². The van der Waals surface area contributed by atoms with Crippen molar-refractivity contribution >= 4 is 54.7 Å². The lowest BCUT2D eigenvalue weighted by Crippen LogP contribution is -2.42. The Kier molecular flexibility index (Phi) is 5.41. The molecule has 0 saturated heterocycles. The second kappa shape index (κ2) is 7.63. The number of carbonyl (C=O) groups is 1. The van der Waals surface area contributed by atoms with Crippen LogP contribution in [0.3, 0.4) is 0 Å². The van der Waals surface area contributed by atoms with Gasteiger partial charge in [0.1, 0.15) is 11.6 Å². The summed E-state index contributed by atoms with van der Waals surface area (Å²) in [6, 6.07) is 10.7. The van der Waals surface area contributed by atoms with Crippen molar-refractivity contribution in [3.8, 4) is 6.07 Å². The second-order valence-electron chi connectivity index (χ2n) is 8.22. The van der Waals surface area contributed by atoms with Crippen LogP contribution in [0.1, 0.15) is 37.5 Å². The molecule has 8 heteroatoms. The van der Waals surface area contributed by atoms with Gasteiger partial charge in [-0.2, -0.15) is 5.26 Å². The van der Waals surface area contributed by atoms with Crippen LogP contribution in [-0.2, 0) is 4.79 Å². The van der Waals surface area contributed by atoms with Gasteiger partial charge in [0, 0.05) is 27.0 Å². The Labute approximate surface area is 195 Å². The zero-order chi connectivity index (χ0) is 21.8. The Bertz CT molecular complexity index is 1180. The van der Waals surface area contributed by atoms with Gasteiger partial charge < -0.3 is 5.73 Å². The minimum absolute atomic E-state index is 0.0291. The number of nitrogens with two attached hydrogens (primary N) is 1. The number of carbonyl (C=O) groups excluding carboxylic acids is 1. The fourth-order valence-electron chi connectivity index (χ4n) is 4.21. The lowest BCUT2D eigenvalue weighted by molar-refractivity contribution is -0.118. The minimum atomic E-state index is -0.542. The number of anilines is 1. The Morgan fingerprint density at radius 1 is 1.27 bits per heavy atom. The third-order valence-electron chi connectivity index (χ3n) is 5.41. The quantitative estimate of drug-likeness (QED) is 0.472. The smallest absolute Gasteiger partial charge is 0.162 e. The van der Waals surface area contributed by atoms with Crippen LogP contribution < -0.4 is 10.6 Å². The molecule has 0 bridgehead atoms. The third kappa shape index (κ3) is 3.53. The number of hydrogen-bond donors (Lipinski definition) is 1. The van der Waals surface area contributed by atoms with E-state index in [2.05, 4.69) is 37.9 Å². The lowest BCUT2D eigenvalue weighted by atomic mass is 9.69. The van der Waals surface area contributed by atoms with Gasteiger partial charge in [0.25, 0.3) is 0 Å². The zero-order valence-electron chi connectivity index (χ0n) is 16.3. The first-order chi connectivity index (χ1) is 14.1. The van der Waals surface area contributed by atoms with Crippen molar-refractivity contribution in [2.45, 2.75) is 32.6 Å². The topological polar surface area (TPSA) is 70.1 Å². The Morgan fingerprint density at radius 2 is 2.00 bits per heavy atom. The van der Waals surface area contributed by atoms with Crippen molar-refractivity contribution in [2.24, 2.45) is 11.1 Å². The summed E-state index contributed by atoms with van der Waals surface area (Å²) in [5, 5.41) is 10.0. The lowest BCUT2D eigenvalue weighted by Gasteiger charge is -2.43. The highest BCUT2D eigenvalue weighted by molar-refractivity contribution is 9.11. The zero-order valence-corrected chi connectivity index (χ0v) is 20.3. The van der Waals surface area contributed by atoms with E-state index in [1.165, 1.54) is 17.4 Å². The summed E-state index contributed by atoms with van der Waals surface area (Å²) >= 11 is 8.21. The highest BCUT2D eigenvalue weighted by Crippen LogP contribution is 2.51. The molecule has 0 saturated carbocycles. The van der Waals surface area contributed by atoms with E-state index in [-0.39, 0.29) is 28.3 Å². The van der Waals surface area contributed by atoms with Crippen molar-refractivity contribution in [1.29, 1.82) is 5.26 Å². The number of hydrogen-bond acceptors (Lipinski definition) is 5. The number of thiophene rings is 1. The largest absolute Gasteiger partial charge is 0.384 e. The van der Waals surface area contributed by atoms with Gasteiger partial charge >= 0.3 is 0 Å². The van der Waals surface area contributed by atoms with Crippen molar-refractivity contribution in [1.82, 2.24) is 0 Å². The summed E-state index contributed by atoms with van der Waals surface area (Å²) in [4.78, 5) is 15.8. The number of nitrogens with zero attached hydrogens (tertiary/aromatic N) is 2. The average Bonchev–Trinajstić information content (AvgIpc) is 3.07. The summed E-state index contributed by atoms with van der Waals surface area (Å²) < 4.78 is 16.5. The van der Waals surface area contributed by atoms with E-state index < -0.39 is 11.7 Å². The standard InChI is InChI=1S/C22H18Br2FN3OS/c1-22(2)8-15-20(16(29)9-22)19(17-5-6-18(24)30-17)12(10-26)21(27)28(15)14-4-3-11(23)7-13(14)25/h3-7,19H,8-9,27H2,1-2H3. The highest BCUT2D eigenvalue weighted by atomic mass is 79.9. The third-order valence-corrected chi connectivity index (χ3v) is 7.59. The highest BCUT2D eigenvalue weighted by Gasteiger charge is 2.45. The molecule has 0 amide bonds. The Hall–Kier alpha value is -1.95. The van der Waals surface area contributed by atoms with E-state index in [9.17, 15) is 14.4 Å². The van der Waals surface area contributed by atoms with Gasteiger partial charge in [0.2, 0.25) is 0 Å². The molecule has 1 aliphatic heterocycles.